The van der Waals surface area contributed by atoms with Crippen molar-refractivity contribution in [2.45, 2.75) is 0 Å². The molecule has 6 heteroatoms. The van der Waals surface area contributed by atoms with Gasteiger partial charge in [-0.1, -0.05) is 24.3 Å². The lowest BCUT2D eigenvalue weighted by Crippen LogP contribution is -2.36. The number of benzene rings is 2. The van der Waals surface area contributed by atoms with Crippen molar-refractivity contribution >= 4 is 17.6 Å². The van der Waals surface area contributed by atoms with Crippen LogP contribution in [0.25, 0.3) is 0 Å². The number of nitrogens with zero attached hydrogens (tertiary/aromatic N) is 1. The third-order valence-electron chi connectivity index (χ3n) is 2.79. The Morgan fingerprint density at radius 2 is 1.67 bits per heavy atom. The zero-order valence-electron chi connectivity index (χ0n) is 10.8. The first-order valence-corrected chi connectivity index (χ1v) is 6.03. The number of hydrogen-bond donors (Lipinski definition) is 1. The second-order valence-corrected chi connectivity index (χ2v) is 4.22. The number of anilines is 1. The van der Waals surface area contributed by atoms with Crippen LogP contribution in [0.15, 0.2) is 48.5 Å². The van der Waals surface area contributed by atoms with Crippen LogP contribution in [0.1, 0.15) is 10.4 Å². The van der Waals surface area contributed by atoms with Gasteiger partial charge in [0.05, 0.1) is 5.56 Å². The standard InChI is InChI=1S/C15H11F2NO3/c16-12-8-4-7-11(14(12)17)15(21)18(9-13(19)20)10-5-2-1-3-6-10/h1-8H,9H2,(H,19,20). The summed E-state index contributed by atoms with van der Waals surface area (Å²) in [6.07, 6.45) is 0. The summed E-state index contributed by atoms with van der Waals surface area (Å²) in [6.45, 7) is -0.654. The van der Waals surface area contributed by atoms with Gasteiger partial charge in [0.2, 0.25) is 0 Å². The van der Waals surface area contributed by atoms with Crippen LogP contribution in [-0.2, 0) is 4.79 Å². The van der Waals surface area contributed by atoms with Gasteiger partial charge >= 0.3 is 5.97 Å². The summed E-state index contributed by atoms with van der Waals surface area (Å²) < 4.78 is 26.9. The van der Waals surface area contributed by atoms with Crippen molar-refractivity contribution < 1.29 is 23.5 Å². The van der Waals surface area contributed by atoms with E-state index < -0.39 is 35.6 Å². The van der Waals surface area contributed by atoms with Crippen molar-refractivity contribution in [2.75, 3.05) is 11.4 Å². The molecule has 0 bridgehead atoms. The van der Waals surface area contributed by atoms with E-state index in [0.29, 0.717) is 0 Å². The van der Waals surface area contributed by atoms with Crippen molar-refractivity contribution in [3.8, 4) is 0 Å². The van der Waals surface area contributed by atoms with Gasteiger partial charge in [0.1, 0.15) is 6.54 Å². The zero-order chi connectivity index (χ0) is 15.4. The second kappa shape index (κ2) is 6.13. The lowest BCUT2D eigenvalue weighted by Gasteiger charge is -2.21. The molecule has 0 saturated carbocycles. The Morgan fingerprint density at radius 3 is 2.29 bits per heavy atom. The number of carboxylic acid groups (broad SMARTS) is 1. The number of carboxylic acids is 1. The number of carbonyl (C=O) groups is 2. The van der Waals surface area contributed by atoms with Crippen molar-refractivity contribution in [3.05, 3.63) is 65.7 Å². The molecule has 0 aliphatic heterocycles. The van der Waals surface area contributed by atoms with E-state index in [1.165, 1.54) is 18.2 Å². The Labute approximate surface area is 119 Å². The number of carbonyl (C=O) groups excluding carboxylic acids is 1. The average Bonchev–Trinajstić information content (AvgIpc) is 2.48. The zero-order valence-corrected chi connectivity index (χ0v) is 10.8. The normalized spacial score (nSPS) is 10.2. The van der Waals surface area contributed by atoms with Crippen molar-refractivity contribution in [1.82, 2.24) is 0 Å². The van der Waals surface area contributed by atoms with Gasteiger partial charge in [-0.3, -0.25) is 14.5 Å². The average molecular weight is 291 g/mol. The highest BCUT2D eigenvalue weighted by atomic mass is 19.2. The minimum Gasteiger partial charge on any atom is -0.480 e. The fourth-order valence-electron chi connectivity index (χ4n) is 1.84. The number of hydrogen-bond acceptors (Lipinski definition) is 2. The Balaban J connectivity index is 2.44. The van der Waals surface area contributed by atoms with Crippen molar-refractivity contribution in [2.24, 2.45) is 0 Å². The van der Waals surface area contributed by atoms with E-state index in [1.807, 2.05) is 0 Å². The van der Waals surface area contributed by atoms with Crippen LogP contribution in [0.4, 0.5) is 14.5 Å². The second-order valence-electron chi connectivity index (χ2n) is 4.22. The fourth-order valence-corrected chi connectivity index (χ4v) is 1.84. The lowest BCUT2D eigenvalue weighted by molar-refractivity contribution is -0.135. The van der Waals surface area contributed by atoms with Crippen molar-refractivity contribution in [3.63, 3.8) is 0 Å². The Hall–Kier alpha value is -2.76. The van der Waals surface area contributed by atoms with Crippen LogP contribution in [-0.4, -0.2) is 23.5 Å². The fraction of sp³-hybridized carbons (Fsp3) is 0.0667. The molecule has 0 aromatic heterocycles. The monoisotopic (exact) mass is 291 g/mol. The summed E-state index contributed by atoms with van der Waals surface area (Å²) in [6, 6.07) is 11.1. The predicted octanol–water partition coefficient (Wildman–Crippen LogP) is 2.70. The van der Waals surface area contributed by atoms with E-state index >= 15 is 0 Å². The summed E-state index contributed by atoms with van der Waals surface area (Å²) in [4.78, 5) is 24.1. The lowest BCUT2D eigenvalue weighted by atomic mass is 10.1. The number of aliphatic carboxylic acids is 1. The van der Waals surface area contributed by atoms with Gasteiger partial charge in [-0.25, -0.2) is 8.78 Å². The van der Waals surface area contributed by atoms with E-state index in [-0.39, 0.29) is 5.69 Å². The molecule has 0 heterocycles. The van der Waals surface area contributed by atoms with E-state index in [4.69, 9.17) is 5.11 Å². The summed E-state index contributed by atoms with van der Waals surface area (Å²) >= 11 is 0. The Kier molecular flexibility index (Phi) is 4.27. The molecule has 0 fully saturated rings. The summed E-state index contributed by atoms with van der Waals surface area (Å²) in [5.74, 6) is -4.64. The van der Waals surface area contributed by atoms with Gasteiger partial charge in [0.25, 0.3) is 5.91 Å². The molecule has 4 nitrogen and oxygen atoms in total. The van der Waals surface area contributed by atoms with Crippen LogP contribution >= 0.6 is 0 Å². The molecule has 0 spiro atoms. The van der Waals surface area contributed by atoms with Crippen LogP contribution in [0, 0.1) is 11.6 Å². The SMILES string of the molecule is O=C(O)CN(C(=O)c1cccc(F)c1F)c1ccccc1. The molecule has 0 radical (unpaired) electrons. The molecule has 2 rings (SSSR count). The van der Waals surface area contributed by atoms with Gasteiger partial charge in [-0.15, -0.1) is 0 Å². The van der Waals surface area contributed by atoms with Crippen LogP contribution in [0.5, 0.6) is 0 Å². The number of halogens is 2. The topological polar surface area (TPSA) is 57.6 Å². The first-order chi connectivity index (χ1) is 10.0. The maximum atomic E-state index is 13.7. The Bertz CT molecular complexity index is 674. The number of amides is 1. The van der Waals surface area contributed by atoms with Crippen LogP contribution in [0.2, 0.25) is 0 Å². The van der Waals surface area contributed by atoms with E-state index in [0.717, 1.165) is 17.0 Å². The first-order valence-electron chi connectivity index (χ1n) is 6.03. The molecule has 0 atom stereocenters. The first kappa shape index (κ1) is 14.6. The largest absolute Gasteiger partial charge is 0.480 e. The maximum absolute atomic E-state index is 13.7. The van der Waals surface area contributed by atoms with Gasteiger partial charge in [-0.05, 0) is 24.3 Å². The molecule has 108 valence electrons. The molecule has 21 heavy (non-hydrogen) atoms. The minimum atomic E-state index is -1.30. The van der Waals surface area contributed by atoms with E-state index in [1.54, 1.807) is 18.2 Å². The summed E-state index contributed by atoms with van der Waals surface area (Å²) in [5.41, 5.74) is -0.228. The summed E-state index contributed by atoms with van der Waals surface area (Å²) in [5, 5.41) is 8.90. The van der Waals surface area contributed by atoms with E-state index in [2.05, 4.69) is 0 Å². The molecule has 0 unspecified atom stereocenters. The van der Waals surface area contributed by atoms with E-state index in [9.17, 15) is 18.4 Å². The molecule has 2 aromatic rings. The third kappa shape index (κ3) is 3.22. The molecular weight excluding hydrogens is 280 g/mol. The highest BCUT2D eigenvalue weighted by Crippen LogP contribution is 2.19. The van der Waals surface area contributed by atoms with Gasteiger partial charge in [-0.2, -0.15) is 0 Å². The Morgan fingerprint density at radius 1 is 1.00 bits per heavy atom. The van der Waals surface area contributed by atoms with Crippen LogP contribution in [0.3, 0.4) is 0 Å². The predicted molar refractivity (Wildman–Crippen MR) is 72.1 cm³/mol. The van der Waals surface area contributed by atoms with Gasteiger partial charge < -0.3 is 5.11 Å². The molecule has 0 aliphatic carbocycles. The highest BCUT2D eigenvalue weighted by molar-refractivity contribution is 6.08. The molecule has 0 saturated heterocycles. The molecular formula is C15H11F2NO3. The van der Waals surface area contributed by atoms with Gasteiger partial charge in [0, 0.05) is 5.69 Å². The quantitative estimate of drug-likeness (QED) is 0.942. The number of rotatable bonds is 4. The molecule has 2 aromatic carbocycles. The summed E-state index contributed by atoms with van der Waals surface area (Å²) in [7, 11) is 0. The third-order valence-corrected chi connectivity index (χ3v) is 2.79. The maximum Gasteiger partial charge on any atom is 0.323 e. The van der Waals surface area contributed by atoms with Crippen molar-refractivity contribution in [1.29, 1.82) is 0 Å². The molecule has 1 amide bonds. The van der Waals surface area contributed by atoms with Crippen LogP contribution < -0.4 is 4.90 Å². The van der Waals surface area contributed by atoms with Gasteiger partial charge in [0.15, 0.2) is 11.6 Å². The molecule has 0 aliphatic rings. The minimum absolute atomic E-state index is 0.286. The molecule has 1 N–H and O–H groups in total. The smallest absolute Gasteiger partial charge is 0.323 e. The highest BCUT2D eigenvalue weighted by Gasteiger charge is 2.24. The number of para-hydroxylation sites is 1.